The van der Waals surface area contributed by atoms with E-state index in [1.165, 1.54) is 38.8 Å². The summed E-state index contributed by atoms with van der Waals surface area (Å²) in [6, 6.07) is 0. The molecule has 0 fully saturated rings. The van der Waals surface area contributed by atoms with Gasteiger partial charge in [-0.1, -0.05) is 53.0 Å². The molecule has 0 saturated carbocycles. The van der Waals surface area contributed by atoms with Crippen molar-refractivity contribution >= 4 is 13.8 Å². The van der Waals surface area contributed by atoms with Crippen molar-refractivity contribution in [2.24, 2.45) is 5.92 Å². The molecule has 5 nitrogen and oxygen atoms in total. The Morgan fingerprint density at radius 3 is 2.07 bits per heavy atom. The van der Waals surface area contributed by atoms with Gasteiger partial charge in [0.15, 0.2) is 0 Å². The SMILES string of the molecule is CCCCN(CCCC)CCCCC/C=C(\C[PH](=O)C(OCC)C(C)C)C(=O)O. The Balaban J connectivity index is 4.42. The Hall–Kier alpha value is -0.640. The minimum absolute atomic E-state index is 0.125. The summed E-state index contributed by atoms with van der Waals surface area (Å²) in [5.41, 5.74) is 0.284. The molecule has 0 aromatic rings. The van der Waals surface area contributed by atoms with Crippen LogP contribution in [0.4, 0.5) is 0 Å². The molecule has 0 aliphatic carbocycles. The molecule has 0 rings (SSSR count). The Labute approximate surface area is 180 Å². The monoisotopic (exact) mass is 431 g/mol. The maximum atomic E-state index is 12.6. The summed E-state index contributed by atoms with van der Waals surface area (Å²) >= 11 is 0. The minimum Gasteiger partial charge on any atom is -0.478 e. The molecule has 2 atom stereocenters. The smallest absolute Gasteiger partial charge is 0.331 e. The third-order valence-electron chi connectivity index (χ3n) is 5.13. The third-order valence-corrected chi connectivity index (χ3v) is 7.33. The van der Waals surface area contributed by atoms with Gasteiger partial charge in [-0.2, -0.15) is 0 Å². The first-order valence-corrected chi connectivity index (χ1v) is 13.3. The van der Waals surface area contributed by atoms with Crippen LogP contribution in [0.25, 0.3) is 0 Å². The fraction of sp³-hybridized carbons (Fsp3) is 0.870. The van der Waals surface area contributed by atoms with Gasteiger partial charge in [-0.3, -0.25) is 0 Å². The lowest BCUT2D eigenvalue weighted by atomic mass is 10.1. The normalized spacial score (nSPS) is 14.5. The first kappa shape index (κ1) is 28.4. The van der Waals surface area contributed by atoms with Crippen LogP contribution in [0.15, 0.2) is 11.6 Å². The van der Waals surface area contributed by atoms with E-state index in [0.29, 0.717) is 6.61 Å². The molecule has 0 heterocycles. The number of nitrogens with zero attached hydrogens (tertiary/aromatic N) is 1. The van der Waals surface area contributed by atoms with E-state index in [1.807, 2.05) is 20.8 Å². The fourth-order valence-electron chi connectivity index (χ4n) is 3.39. The topological polar surface area (TPSA) is 66.8 Å². The third kappa shape index (κ3) is 14.1. The molecule has 29 heavy (non-hydrogen) atoms. The van der Waals surface area contributed by atoms with E-state index in [9.17, 15) is 14.5 Å². The van der Waals surface area contributed by atoms with Crippen molar-refractivity contribution in [2.45, 2.75) is 91.8 Å². The highest BCUT2D eigenvalue weighted by Gasteiger charge is 2.23. The van der Waals surface area contributed by atoms with Crippen LogP contribution < -0.4 is 0 Å². The molecule has 0 saturated heterocycles. The van der Waals surface area contributed by atoms with Gasteiger partial charge in [-0.25, -0.2) is 4.79 Å². The average molecular weight is 432 g/mol. The van der Waals surface area contributed by atoms with Crippen LogP contribution in [0.3, 0.4) is 0 Å². The van der Waals surface area contributed by atoms with Gasteiger partial charge in [-0.15, -0.1) is 0 Å². The number of unbranched alkanes of at least 4 members (excludes halogenated alkanes) is 5. The van der Waals surface area contributed by atoms with Crippen molar-refractivity contribution in [1.82, 2.24) is 4.90 Å². The van der Waals surface area contributed by atoms with E-state index >= 15 is 0 Å². The number of carbonyl (C=O) groups is 1. The number of carboxylic acids is 1. The van der Waals surface area contributed by atoms with Gasteiger partial charge < -0.3 is 19.3 Å². The Morgan fingerprint density at radius 1 is 1.00 bits per heavy atom. The van der Waals surface area contributed by atoms with Crippen molar-refractivity contribution < 1.29 is 19.2 Å². The molecule has 0 bridgehead atoms. The first-order chi connectivity index (χ1) is 13.9. The number of ether oxygens (including phenoxy) is 1. The molecule has 1 N–H and O–H groups in total. The van der Waals surface area contributed by atoms with E-state index in [4.69, 9.17) is 4.74 Å². The number of hydrogen-bond donors (Lipinski definition) is 1. The Morgan fingerprint density at radius 2 is 1.59 bits per heavy atom. The minimum atomic E-state index is -2.14. The van der Waals surface area contributed by atoms with E-state index in [-0.39, 0.29) is 23.5 Å². The van der Waals surface area contributed by atoms with E-state index in [0.717, 1.165) is 32.2 Å². The quantitative estimate of drug-likeness (QED) is 0.153. The number of allylic oxidation sites excluding steroid dienone is 1. The summed E-state index contributed by atoms with van der Waals surface area (Å²) in [5.74, 6) is -1.17. The highest BCUT2D eigenvalue weighted by atomic mass is 31.1. The van der Waals surface area contributed by atoms with Crippen molar-refractivity contribution in [3.8, 4) is 0 Å². The largest absolute Gasteiger partial charge is 0.478 e. The predicted molar refractivity (Wildman–Crippen MR) is 125 cm³/mol. The molecule has 0 aliphatic heterocycles. The number of aliphatic carboxylic acids is 1. The molecule has 0 spiro atoms. The number of carboxylic acid groups (broad SMARTS) is 1. The number of hydrogen-bond acceptors (Lipinski definition) is 4. The maximum Gasteiger partial charge on any atom is 0.331 e. The second-order valence-corrected chi connectivity index (χ2v) is 10.1. The zero-order chi connectivity index (χ0) is 22.1. The van der Waals surface area contributed by atoms with Gasteiger partial charge in [0.05, 0.1) is 0 Å². The lowest BCUT2D eigenvalue weighted by molar-refractivity contribution is -0.132. The van der Waals surface area contributed by atoms with E-state index in [1.54, 1.807) is 6.08 Å². The summed E-state index contributed by atoms with van der Waals surface area (Å²) in [6.45, 7) is 14.3. The standard InChI is InChI=1S/C23H46NO4P/c1-6-9-16-24(17-10-7-2)18-14-12-11-13-15-21(22(25)26)19-29(27)23(20(4)5)28-8-3/h15,20,23,29H,6-14,16-19H2,1-5H3,(H,25,26)/b21-15+. The first-order valence-electron chi connectivity index (χ1n) is 11.7. The highest BCUT2D eigenvalue weighted by molar-refractivity contribution is 7.45. The molecular weight excluding hydrogens is 385 g/mol. The second kappa shape index (κ2) is 18.2. The van der Waals surface area contributed by atoms with Gasteiger partial charge in [-0.05, 0) is 64.6 Å². The molecule has 172 valence electrons. The molecule has 2 unspecified atom stereocenters. The summed E-state index contributed by atoms with van der Waals surface area (Å²) in [5, 5.41) is 9.47. The van der Waals surface area contributed by atoms with Gasteiger partial charge in [0.2, 0.25) is 0 Å². The zero-order valence-electron chi connectivity index (χ0n) is 19.5. The average Bonchev–Trinajstić information content (AvgIpc) is 2.68. The van der Waals surface area contributed by atoms with Gasteiger partial charge in [0.25, 0.3) is 0 Å². The van der Waals surface area contributed by atoms with Crippen LogP contribution >= 0.6 is 7.80 Å². The van der Waals surface area contributed by atoms with Gasteiger partial charge in [0, 0.05) is 18.3 Å². The van der Waals surface area contributed by atoms with Crippen LogP contribution in [0.1, 0.15) is 86.0 Å². The summed E-state index contributed by atoms with van der Waals surface area (Å²) in [6.07, 6.45) is 10.9. The molecule has 0 aliphatic rings. The summed E-state index contributed by atoms with van der Waals surface area (Å²) < 4.78 is 18.2. The lowest BCUT2D eigenvalue weighted by Gasteiger charge is -2.21. The van der Waals surface area contributed by atoms with Crippen LogP contribution in [0.5, 0.6) is 0 Å². The molecule has 6 heteroatoms. The molecule has 0 radical (unpaired) electrons. The van der Waals surface area contributed by atoms with Crippen molar-refractivity contribution in [2.75, 3.05) is 32.4 Å². The van der Waals surface area contributed by atoms with Crippen LogP contribution in [-0.2, 0) is 14.1 Å². The number of rotatable bonds is 19. The Kier molecular flexibility index (Phi) is 17.8. The predicted octanol–water partition coefficient (Wildman–Crippen LogP) is 6.04. The second-order valence-electron chi connectivity index (χ2n) is 8.20. The lowest BCUT2D eigenvalue weighted by Crippen LogP contribution is -2.27. The van der Waals surface area contributed by atoms with Gasteiger partial charge >= 0.3 is 5.97 Å². The molecular formula is C23H46NO4P. The Bertz CT molecular complexity index is 471. The fourth-order valence-corrected chi connectivity index (χ4v) is 5.36. The molecule has 0 aromatic carbocycles. The highest BCUT2D eigenvalue weighted by Crippen LogP contribution is 2.36. The van der Waals surface area contributed by atoms with Crippen LogP contribution in [-0.4, -0.2) is 54.2 Å². The van der Waals surface area contributed by atoms with Crippen molar-refractivity contribution in [1.29, 1.82) is 0 Å². The van der Waals surface area contributed by atoms with Crippen molar-refractivity contribution in [3.63, 3.8) is 0 Å². The molecule has 0 amide bonds. The van der Waals surface area contributed by atoms with Gasteiger partial charge in [0.1, 0.15) is 13.6 Å². The summed E-state index contributed by atoms with van der Waals surface area (Å²) in [7, 11) is -2.14. The van der Waals surface area contributed by atoms with Crippen molar-refractivity contribution in [3.05, 3.63) is 11.6 Å². The maximum absolute atomic E-state index is 12.6. The van der Waals surface area contributed by atoms with Crippen LogP contribution in [0, 0.1) is 5.92 Å². The molecule has 0 aromatic heterocycles. The van der Waals surface area contributed by atoms with Crippen LogP contribution in [0.2, 0.25) is 0 Å². The van der Waals surface area contributed by atoms with E-state index < -0.39 is 13.8 Å². The zero-order valence-corrected chi connectivity index (χ0v) is 20.5. The summed E-state index contributed by atoms with van der Waals surface area (Å²) in [4.78, 5) is 14.1. The van der Waals surface area contributed by atoms with E-state index in [2.05, 4.69) is 18.7 Å².